The SMILES string of the molecule is COCCNCc1cccc(Cl)c1-n1cc(Cl)c(C)n1. The molecule has 0 unspecified atom stereocenters. The Balaban J connectivity index is 2.26. The Morgan fingerprint density at radius 2 is 2.10 bits per heavy atom. The van der Waals surface area contributed by atoms with Crippen LogP contribution in [-0.4, -0.2) is 30.0 Å². The van der Waals surface area contributed by atoms with Crippen molar-refractivity contribution < 1.29 is 4.74 Å². The van der Waals surface area contributed by atoms with Crippen LogP contribution in [0.25, 0.3) is 5.69 Å². The maximum atomic E-state index is 6.31. The summed E-state index contributed by atoms with van der Waals surface area (Å²) >= 11 is 12.4. The van der Waals surface area contributed by atoms with Crippen LogP contribution in [0.4, 0.5) is 0 Å². The van der Waals surface area contributed by atoms with Crippen molar-refractivity contribution in [1.82, 2.24) is 15.1 Å². The molecule has 2 aromatic rings. The van der Waals surface area contributed by atoms with Gasteiger partial charge in [0, 0.05) is 26.4 Å². The number of benzene rings is 1. The van der Waals surface area contributed by atoms with E-state index in [2.05, 4.69) is 10.4 Å². The third-order valence-electron chi connectivity index (χ3n) is 2.94. The third kappa shape index (κ3) is 3.52. The summed E-state index contributed by atoms with van der Waals surface area (Å²) in [6.07, 6.45) is 1.77. The Labute approximate surface area is 128 Å². The molecule has 0 aliphatic heterocycles. The Morgan fingerprint density at radius 1 is 1.30 bits per heavy atom. The van der Waals surface area contributed by atoms with Gasteiger partial charge in [-0.25, -0.2) is 4.68 Å². The number of nitrogens with one attached hydrogen (secondary N) is 1. The van der Waals surface area contributed by atoms with E-state index in [0.29, 0.717) is 23.2 Å². The van der Waals surface area contributed by atoms with Crippen LogP contribution in [-0.2, 0) is 11.3 Å². The monoisotopic (exact) mass is 313 g/mol. The summed E-state index contributed by atoms with van der Waals surface area (Å²) in [7, 11) is 1.68. The van der Waals surface area contributed by atoms with Crippen molar-refractivity contribution in [3.05, 3.63) is 45.7 Å². The smallest absolute Gasteiger partial charge is 0.0877 e. The lowest BCUT2D eigenvalue weighted by Gasteiger charge is -2.12. The Bertz CT molecular complexity index is 564. The topological polar surface area (TPSA) is 39.1 Å². The molecule has 4 nitrogen and oxygen atoms in total. The summed E-state index contributed by atoms with van der Waals surface area (Å²) in [4.78, 5) is 0. The number of ether oxygens (including phenoxy) is 1. The number of nitrogens with zero attached hydrogens (tertiary/aromatic N) is 2. The predicted molar refractivity (Wildman–Crippen MR) is 81.9 cm³/mol. The zero-order valence-corrected chi connectivity index (χ0v) is 13.0. The lowest BCUT2D eigenvalue weighted by atomic mass is 10.1. The number of hydrogen-bond donors (Lipinski definition) is 1. The fourth-order valence-corrected chi connectivity index (χ4v) is 2.32. The van der Waals surface area contributed by atoms with Crippen molar-refractivity contribution in [1.29, 1.82) is 0 Å². The van der Waals surface area contributed by atoms with Crippen molar-refractivity contribution in [2.24, 2.45) is 0 Å². The molecule has 1 aromatic carbocycles. The molecule has 0 saturated carbocycles. The van der Waals surface area contributed by atoms with Gasteiger partial charge in [-0.05, 0) is 18.6 Å². The summed E-state index contributed by atoms with van der Waals surface area (Å²) in [5.41, 5.74) is 2.70. The molecule has 20 heavy (non-hydrogen) atoms. The Hall–Kier alpha value is -1.07. The summed E-state index contributed by atoms with van der Waals surface area (Å²) < 4.78 is 6.74. The van der Waals surface area contributed by atoms with Crippen molar-refractivity contribution >= 4 is 23.2 Å². The Kier molecular flexibility index (Phi) is 5.43. The minimum Gasteiger partial charge on any atom is -0.383 e. The maximum Gasteiger partial charge on any atom is 0.0877 e. The van der Waals surface area contributed by atoms with Gasteiger partial charge < -0.3 is 10.1 Å². The van der Waals surface area contributed by atoms with Gasteiger partial charge in [-0.3, -0.25) is 0 Å². The highest BCUT2D eigenvalue weighted by Gasteiger charge is 2.12. The second kappa shape index (κ2) is 7.09. The van der Waals surface area contributed by atoms with E-state index < -0.39 is 0 Å². The van der Waals surface area contributed by atoms with Crippen LogP contribution < -0.4 is 5.32 Å². The molecule has 1 N–H and O–H groups in total. The van der Waals surface area contributed by atoms with Gasteiger partial charge in [0.1, 0.15) is 0 Å². The normalized spacial score (nSPS) is 11.0. The van der Waals surface area contributed by atoms with Gasteiger partial charge in [0.15, 0.2) is 0 Å². The van der Waals surface area contributed by atoms with E-state index in [1.54, 1.807) is 18.0 Å². The van der Waals surface area contributed by atoms with Crippen molar-refractivity contribution in [3.63, 3.8) is 0 Å². The van der Waals surface area contributed by atoms with Crippen LogP contribution in [0.5, 0.6) is 0 Å². The molecular formula is C14H17Cl2N3O. The minimum absolute atomic E-state index is 0.628. The van der Waals surface area contributed by atoms with Gasteiger partial charge in [-0.2, -0.15) is 5.10 Å². The van der Waals surface area contributed by atoms with Crippen LogP contribution in [0.3, 0.4) is 0 Å². The molecule has 0 spiro atoms. The van der Waals surface area contributed by atoms with Crippen molar-refractivity contribution in [2.75, 3.05) is 20.3 Å². The minimum atomic E-state index is 0.628. The second-order valence-corrected chi connectivity index (χ2v) is 5.24. The second-order valence-electron chi connectivity index (χ2n) is 4.42. The van der Waals surface area contributed by atoms with Crippen molar-refractivity contribution in [2.45, 2.75) is 13.5 Å². The van der Waals surface area contributed by atoms with Crippen LogP contribution in [0.1, 0.15) is 11.3 Å². The van der Waals surface area contributed by atoms with Crippen LogP contribution in [0.2, 0.25) is 10.0 Å². The summed E-state index contributed by atoms with van der Waals surface area (Å²) in [5.74, 6) is 0. The zero-order chi connectivity index (χ0) is 14.5. The lowest BCUT2D eigenvalue weighted by molar-refractivity contribution is 0.199. The predicted octanol–water partition coefficient (Wildman–Crippen LogP) is 3.22. The molecular weight excluding hydrogens is 297 g/mol. The average molecular weight is 314 g/mol. The van der Waals surface area contributed by atoms with E-state index in [1.807, 2.05) is 25.1 Å². The molecule has 0 bridgehead atoms. The van der Waals surface area contributed by atoms with Gasteiger partial charge in [-0.15, -0.1) is 0 Å². The van der Waals surface area contributed by atoms with E-state index in [1.165, 1.54) is 0 Å². The number of aryl methyl sites for hydroxylation is 1. The molecule has 0 aliphatic carbocycles. The highest BCUT2D eigenvalue weighted by molar-refractivity contribution is 6.32. The fourth-order valence-electron chi connectivity index (χ4n) is 1.91. The van der Waals surface area contributed by atoms with Crippen LogP contribution in [0.15, 0.2) is 24.4 Å². The first-order valence-corrected chi connectivity index (χ1v) is 7.08. The molecule has 2 rings (SSSR count). The first-order chi connectivity index (χ1) is 9.63. The fraction of sp³-hybridized carbons (Fsp3) is 0.357. The van der Waals surface area contributed by atoms with Crippen LogP contribution in [0, 0.1) is 6.92 Å². The molecule has 0 radical (unpaired) electrons. The third-order valence-corrected chi connectivity index (χ3v) is 3.61. The number of para-hydroxylation sites is 1. The first-order valence-electron chi connectivity index (χ1n) is 6.32. The maximum absolute atomic E-state index is 6.31. The molecule has 0 amide bonds. The summed E-state index contributed by atoms with van der Waals surface area (Å²) in [6.45, 7) is 4.01. The molecule has 6 heteroatoms. The molecule has 1 aromatic heterocycles. The number of hydrogen-bond acceptors (Lipinski definition) is 3. The van der Waals surface area contributed by atoms with E-state index >= 15 is 0 Å². The number of halogens is 2. The van der Waals surface area contributed by atoms with E-state index in [4.69, 9.17) is 27.9 Å². The van der Waals surface area contributed by atoms with E-state index in [9.17, 15) is 0 Å². The van der Waals surface area contributed by atoms with Gasteiger partial charge >= 0.3 is 0 Å². The van der Waals surface area contributed by atoms with Gasteiger partial charge in [0.05, 0.1) is 28.0 Å². The van der Waals surface area contributed by atoms with Gasteiger partial charge in [0.25, 0.3) is 0 Å². The van der Waals surface area contributed by atoms with E-state index in [-0.39, 0.29) is 0 Å². The molecule has 0 atom stereocenters. The molecule has 0 saturated heterocycles. The number of aromatic nitrogens is 2. The van der Waals surface area contributed by atoms with Crippen LogP contribution >= 0.6 is 23.2 Å². The zero-order valence-electron chi connectivity index (χ0n) is 11.5. The molecule has 0 aliphatic rings. The molecule has 108 valence electrons. The van der Waals surface area contributed by atoms with E-state index in [0.717, 1.165) is 23.5 Å². The Morgan fingerprint density at radius 3 is 2.75 bits per heavy atom. The summed E-state index contributed by atoms with van der Waals surface area (Å²) in [6, 6.07) is 5.80. The van der Waals surface area contributed by atoms with Gasteiger partial charge in [-0.1, -0.05) is 35.3 Å². The standard InChI is InChI=1S/C14H17Cl2N3O/c1-10-13(16)9-19(18-10)14-11(4-3-5-12(14)15)8-17-6-7-20-2/h3-5,9,17H,6-8H2,1-2H3. The van der Waals surface area contributed by atoms with Gasteiger partial charge in [0.2, 0.25) is 0 Å². The summed E-state index contributed by atoms with van der Waals surface area (Å²) in [5, 5.41) is 8.97. The largest absolute Gasteiger partial charge is 0.383 e. The molecule has 0 fully saturated rings. The highest BCUT2D eigenvalue weighted by Crippen LogP contribution is 2.26. The number of rotatable bonds is 6. The highest BCUT2D eigenvalue weighted by atomic mass is 35.5. The van der Waals surface area contributed by atoms with Crippen molar-refractivity contribution in [3.8, 4) is 5.69 Å². The quantitative estimate of drug-likeness (QED) is 0.832. The lowest BCUT2D eigenvalue weighted by Crippen LogP contribution is -2.19. The average Bonchev–Trinajstić information content (AvgIpc) is 2.74. The number of methoxy groups -OCH3 is 1. The first kappa shape index (κ1) is 15.3. The molecule has 1 heterocycles.